The van der Waals surface area contributed by atoms with E-state index < -0.39 is 0 Å². The van der Waals surface area contributed by atoms with Crippen LogP contribution in [-0.2, 0) is 17.8 Å². The van der Waals surface area contributed by atoms with Crippen LogP contribution in [0.4, 0.5) is 11.6 Å². The average Bonchev–Trinajstić information content (AvgIpc) is 3.51. The molecule has 31 heavy (non-hydrogen) atoms. The standard InChI is InChI=1S/C23H27N5O2S/c1-17-14-18-8-3-4-10-20(18)28(17)21(29)16-31-23-25-24-22(26-11-5-2-6-12-26)27(23)15-19-9-7-13-30-19/h3-4,7-10,13,17H,2,5-6,11-12,14-16H2,1H3/t17-/m0/s1. The van der Waals surface area contributed by atoms with E-state index in [9.17, 15) is 4.79 Å². The molecular formula is C23H27N5O2S. The number of rotatable bonds is 6. The molecule has 0 spiro atoms. The first-order valence-electron chi connectivity index (χ1n) is 10.9. The van der Waals surface area contributed by atoms with Crippen molar-refractivity contribution in [3.63, 3.8) is 0 Å². The van der Waals surface area contributed by atoms with Crippen LogP contribution in [0.3, 0.4) is 0 Å². The molecule has 0 saturated carbocycles. The Kier molecular flexibility index (Phi) is 5.72. The van der Waals surface area contributed by atoms with E-state index >= 15 is 0 Å². The van der Waals surface area contributed by atoms with Gasteiger partial charge in [-0.15, -0.1) is 10.2 Å². The van der Waals surface area contributed by atoms with Crippen molar-refractivity contribution in [2.45, 2.75) is 50.4 Å². The van der Waals surface area contributed by atoms with Gasteiger partial charge in [-0.25, -0.2) is 0 Å². The van der Waals surface area contributed by atoms with Gasteiger partial charge in [-0.3, -0.25) is 9.36 Å². The lowest BCUT2D eigenvalue weighted by Crippen LogP contribution is -2.37. The molecule has 1 atom stereocenters. The Labute approximate surface area is 186 Å². The largest absolute Gasteiger partial charge is 0.467 e. The summed E-state index contributed by atoms with van der Waals surface area (Å²) in [5, 5.41) is 9.71. The van der Waals surface area contributed by atoms with E-state index in [4.69, 9.17) is 4.42 Å². The lowest BCUT2D eigenvalue weighted by molar-refractivity contribution is -0.116. The van der Waals surface area contributed by atoms with Crippen LogP contribution in [0.15, 0.2) is 52.2 Å². The number of amides is 1. The quantitative estimate of drug-likeness (QED) is 0.544. The number of thioether (sulfide) groups is 1. The van der Waals surface area contributed by atoms with Crippen LogP contribution in [0.1, 0.15) is 37.5 Å². The van der Waals surface area contributed by atoms with Crippen molar-refractivity contribution in [2.75, 3.05) is 28.6 Å². The first kappa shape index (κ1) is 20.2. The molecule has 2 aromatic heterocycles. The summed E-state index contributed by atoms with van der Waals surface area (Å²) in [6.45, 7) is 4.64. The van der Waals surface area contributed by atoms with Crippen LogP contribution >= 0.6 is 11.8 Å². The maximum absolute atomic E-state index is 13.1. The Bertz CT molecular complexity index is 1040. The number of hydrogen-bond donors (Lipinski definition) is 0. The van der Waals surface area contributed by atoms with E-state index in [1.54, 1.807) is 6.26 Å². The molecule has 0 unspecified atom stereocenters. The third kappa shape index (κ3) is 4.08. The van der Waals surface area contributed by atoms with Gasteiger partial charge in [-0.1, -0.05) is 30.0 Å². The minimum absolute atomic E-state index is 0.106. The molecule has 0 N–H and O–H groups in total. The highest BCUT2D eigenvalue weighted by atomic mass is 32.2. The molecule has 0 bridgehead atoms. The van der Waals surface area contributed by atoms with Crippen LogP contribution in [0.25, 0.3) is 0 Å². The summed E-state index contributed by atoms with van der Waals surface area (Å²) in [5.41, 5.74) is 2.27. The Balaban J connectivity index is 1.35. The second-order valence-corrected chi connectivity index (χ2v) is 9.17. The molecule has 8 heteroatoms. The normalized spacial score (nSPS) is 18.4. The van der Waals surface area contributed by atoms with Crippen LogP contribution in [0.5, 0.6) is 0 Å². The molecule has 4 heterocycles. The zero-order valence-corrected chi connectivity index (χ0v) is 18.6. The van der Waals surface area contributed by atoms with Crippen LogP contribution in [0.2, 0.25) is 0 Å². The summed E-state index contributed by atoms with van der Waals surface area (Å²) in [4.78, 5) is 17.4. The number of aromatic nitrogens is 3. The molecule has 5 rings (SSSR count). The van der Waals surface area contributed by atoms with Gasteiger partial charge in [0.1, 0.15) is 5.76 Å². The minimum Gasteiger partial charge on any atom is -0.467 e. The Morgan fingerprint density at radius 1 is 1.13 bits per heavy atom. The molecular weight excluding hydrogens is 410 g/mol. The van der Waals surface area contributed by atoms with Gasteiger partial charge >= 0.3 is 0 Å². The number of para-hydroxylation sites is 1. The smallest absolute Gasteiger partial charge is 0.237 e. The molecule has 0 aliphatic carbocycles. The lowest BCUT2D eigenvalue weighted by atomic mass is 10.1. The number of furan rings is 1. The van der Waals surface area contributed by atoms with Crippen LogP contribution in [-0.4, -0.2) is 45.6 Å². The molecule has 1 fully saturated rings. The monoisotopic (exact) mass is 437 g/mol. The number of piperidine rings is 1. The van der Waals surface area contributed by atoms with Crippen LogP contribution < -0.4 is 9.80 Å². The molecule has 1 saturated heterocycles. The number of nitrogens with zero attached hydrogens (tertiary/aromatic N) is 5. The van der Waals surface area contributed by atoms with E-state index in [0.717, 1.165) is 42.1 Å². The summed E-state index contributed by atoms with van der Waals surface area (Å²) in [7, 11) is 0. The van der Waals surface area contributed by atoms with Crippen molar-refractivity contribution in [1.29, 1.82) is 0 Å². The predicted octanol–water partition coefficient (Wildman–Crippen LogP) is 3.98. The fourth-order valence-corrected chi connectivity index (χ4v) is 5.35. The number of fused-ring (bicyclic) bond motifs is 1. The van der Waals surface area contributed by atoms with Crippen molar-refractivity contribution in [3.05, 3.63) is 54.0 Å². The summed E-state index contributed by atoms with van der Waals surface area (Å²) in [6, 6.07) is 12.2. The highest BCUT2D eigenvalue weighted by Gasteiger charge is 2.31. The second kappa shape index (κ2) is 8.78. The van der Waals surface area contributed by atoms with Crippen molar-refractivity contribution < 1.29 is 9.21 Å². The van der Waals surface area contributed by atoms with E-state index in [2.05, 4.69) is 32.7 Å². The minimum atomic E-state index is 0.106. The Morgan fingerprint density at radius 2 is 1.97 bits per heavy atom. The van der Waals surface area contributed by atoms with Crippen molar-refractivity contribution in [3.8, 4) is 0 Å². The SMILES string of the molecule is C[C@H]1Cc2ccccc2N1C(=O)CSc1nnc(N2CCCCC2)n1Cc1ccco1. The number of benzene rings is 1. The molecule has 1 aromatic carbocycles. The van der Waals surface area contributed by atoms with Crippen molar-refractivity contribution in [1.82, 2.24) is 14.8 Å². The topological polar surface area (TPSA) is 67.4 Å². The number of carbonyl (C=O) groups excluding carboxylic acids is 1. The number of carbonyl (C=O) groups is 1. The maximum Gasteiger partial charge on any atom is 0.237 e. The summed E-state index contributed by atoms with van der Waals surface area (Å²) >= 11 is 1.46. The predicted molar refractivity (Wildman–Crippen MR) is 122 cm³/mol. The average molecular weight is 438 g/mol. The van der Waals surface area contributed by atoms with Gasteiger partial charge in [-0.2, -0.15) is 0 Å². The summed E-state index contributed by atoms with van der Waals surface area (Å²) in [5.74, 6) is 2.16. The van der Waals surface area contributed by atoms with E-state index in [1.165, 1.54) is 36.6 Å². The molecule has 2 aliphatic heterocycles. The van der Waals surface area contributed by atoms with E-state index in [1.807, 2.05) is 35.2 Å². The first-order valence-corrected chi connectivity index (χ1v) is 11.9. The number of hydrogen-bond acceptors (Lipinski definition) is 6. The third-order valence-corrected chi connectivity index (χ3v) is 6.98. The lowest BCUT2D eigenvalue weighted by Gasteiger charge is -2.27. The zero-order chi connectivity index (χ0) is 21.2. The first-order chi connectivity index (χ1) is 15.2. The Hall–Kier alpha value is -2.74. The van der Waals surface area contributed by atoms with Gasteiger partial charge in [-0.05, 0) is 56.4 Å². The Morgan fingerprint density at radius 3 is 2.77 bits per heavy atom. The molecule has 1 amide bonds. The molecule has 7 nitrogen and oxygen atoms in total. The molecule has 0 radical (unpaired) electrons. The van der Waals surface area contributed by atoms with Gasteiger partial charge in [0, 0.05) is 24.8 Å². The fourth-order valence-electron chi connectivity index (χ4n) is 4.55. The summed E-state index contributed by atoms with van der Waals surface area (Å²) in [6.07, 6.45) is 6.18. The molecule has 3 aromatic rings. The second-order valence-electron chi connectivity index (χ2n) is 8.23. The van der Waals surface area contributed by atoms with Crippen molar-refractivity contribution >= 4 is 29.3 Å². The number of anilines is 2. The molecule has 162 valence electrons. The third-order valence-electron chi connectivity index (χ3n) is 6.03. The van der Waals surface area contributed by atoms with Gasteiger partial charge in [0.15, 0.2) is 5.16 Å². The van der Waals surface area contributed by atoms with Gasteiger partial charge in [0.2, 0.25) is 11.9 Å². The van der Waals surface area contributed by atoms with Crippen molar-refractivity contribution in [2.24, 2.45) is 0 Å². The maximum atomic E-state index is 13.1. The van der Waals surface area contributed by atoms with Crippen LogP contribution in [0, 0.1) is 0 Å². The van der Waals surface area contributed by atoms with E-state index in [0.29, 0.717) is 12.3 Å². The highest BCUT2D eigenvalue weighted by molar-refractivity contribution is 7.99. The zero-order valence-electron chi connectivity index (χ0n) is 17.7. The molecule has 2 aliphatic rings. The summed E-state index contributed by atoms with van der Waals surface area (Å²) < 4.78 is 7.67. The van der Waals surface area contributed by atoms with Gasteiger partial charge in [0.05, 0.1) is 18.6 Å². The fraction of sp³-hybridized carbons (Fsp3) is 0.435. The van der Waals surface area contributed by atoms with E-state index in [-0.39, 0.29) is 11.9 Å². The van der Waals surface area contributed by atoms with Gasteiger partial charge < -0.3 is 14.2 Å². The highest BCUT2D eigenvalue weighted by Crippen LogP contribution is 2.33. The van der Waals surface area contributed by atoms with Gasteiger partial charge in [0.25, 0.3) is 0 Å².